The van der Waals surface area contributed by atoms with Crippen molar-refractivity contribution in [1.82, 2.24) is 0 Å². The summed E-state index contributed by atoms with van der Waals surface area (Å²) >= 11 is 5.11. The minimum atomic E-state index is -0.756. The van der Waals surface area contributed by atoms with Crippen LogP contribution < -0.4 is 4.90 Å². The standard InChI is InChI=1S/C20H23NO2S3/c1-14-10-21(16-6-4-3-5-7-16)17-9-18(24-2)15(8-19(17)26-11-14)12-25-13-20(22)23/h3-9,14H,10-13H2,1-2H3,(H,22,23). The Morgan fingerprint density at radius 3 is 2.77 bits per heavy atom. The molecule has 138 valence electrons. The van der Waals surface area contributed by atoms with E-state index < -0.39 is 5.97 Å². The monoisotopic (exact) mass is 405 g/mol. The SMILES string of the molecule is CSc1cc2c(cc1CSCC(=O)O)SCC(C)CN2c1ccccc1. The van der Waals surface area contributed by atoms with Crippen LogP contribution in [-0.4, -0.2) is 35.4 Å². The van der Waals surface area contributed by atoms with Crippen LogP contribution in [0.4, 0.5) is 11.4 Å². The number of hydrogen-bond acceptors (Lipinski definition) is 5. The number of nitrogens with zero attached hydrogens (tertiary/aromatic N) is 1. The van der Waals surface area contributed by atoms with Gasteiger partial charge in [-0.25, -0.2) is 0 Å². The summed E-state index contributed by atoms with van der Waals surface area (Å²) < 4.78 is 0. The molecule has 1 unspecified atom stereocenters. The largest absolute Gasteiger partial charge is 0.481 e. The normalized spacial score (nSPS) is 16.8. The van der Waals surface area contributed by atoms with E-state index >= 15 is 0 Å². The van der Waals surface area contributed by atoms with Crippen molar-refractivity contribution in [2.75, 3.05) is 29.2 Å². The maximum Gasteiger partial charge on any atom is 0.313 e. The Morgan fingerprint density at radius 2 is 2.08 bits per heavy atom. The third-order valence-corrected chi connectivity index (χ3v) is 7.38. The summed E-state index contributed by atoms with van der Waals surface area (Å²) in [7, 11) is 0. The molecule has 0 radical (unpaired) electrons. The van der Waals surface area contributed by atoms with Crippen LogP contribution in [0, 0.1) is 5.92 Å². The third kappa shape index (κ3) is 4.72. The van der Waals surface area contributed by atoms with Gasteiger partial charge in [0.2, 0.25) is 0 Å². The van der Waals surface area contributed by atoms with E-state index in [4.69, 9.17) is 5.11 Å². The number of carboxylic acids is 1. The molecule has 0 bridgehead atoms. The number of hydrogen-bond donors (Lipinski definition) is 1. The predicted octanol–water partition coefficient (Wildman–Crippen LogP) is 5.61. The van der Waals surface area contributed by atoms with E-state index in [0.29, 0.717) is 5.92 Å². The first kappa shape index (κ1) is 19.5. The number of para-hydroxylation sites is 1. The van der Waals surface area contributed by atoms with Crippen molar-refractivity contribution >= 4 is 52.6 Å². The zero-order valence-corrected chi connectivity index (χ0v) is 17.4. The summed E-state index contributed by atoms with van der Waals surface area (Å²) in [5, 5.41) is 8.90. The van der Waals surface area contributed by atoms with Crippen LogP contribution in [0.2, 0.25) is 0 Å². The van der Waals surface area contributed by atoms with Crippen molar-refractivity contribution in [2.24, 2.45) is 5.92 Å². The van der Waals surface area contributed by atoms with E-state index in [9.17, 15) is 4.79 Å². The molecule has 1 aliphatic rings. The topological polar surface area (TPSA) is 40.5 Å². The number of carbonyl (C=O) groups is 1. The van der Waals surface area contributed by atoms with Gasteiger partial charge in [0.05, 0.1) is 11.4 Å². The number of rotatable bonds is 6. The Kier molecular flexibility index (Phi) is 6.84. The summed E-state index contributed by atoms with van der Waals surface area (Å²) in [6.07, 6.45) is 2.09. The average Bonchev–Trinajstić information content (AvgIpc) is 2.80. The van der Waals surface area contributed by atoms with Gasteiger partial charge in [-0.15, -0.1) is 35.3 Å². The van der Waals surface area contributed by atoms with Crippen molar-refractivity contribution in [2.45, 2.75) is 22.5 Å². The number of carboxylic acid groups (broad SMARTS) is 1. The first-order valence-corrected chi connectivity index (χ1v) is 11.9. The van der Waals surface area contributed by atoms with E-state index in [1.54, 1.807) is 11.8 Å². The molecule has 1 aliphatic heterocycles. The summed E-state index contributed by atoms with van der Waals surface area (Å²) in [5.74, 6) is 1.81. The van der Waals surface area contributed by atoms with Gasteiger partial charge in [0, 0.05) is 33.5 Å². The lowest BCUT2D eigenvalue weighted by atomic mass is 10.1. The molecule has 2 aromatic rings. The van der Waals surface area contributed by atoms with Crippen LogP contribution >= 0.6 is 35.3 Å². The van der Waals surface area contributed by atoms with E-state index in [1.807, 2.05) is 11.8 Å². The van der Waals surface area contributed by atoms with Gasteiger partial charge >= 0.3 is 5.97 Å². The van der Waals surface area contributed by atoms with Crippen molar-refractivity contribution in [1.29, 1.82) is 0 Å². The molecule has 0 fully saturated rings. The Labute approximate surface area is 167 Å². The van der Waals surface area contributed by atoms with E-state index in [2.05, 4.69) is 60.5 Å². The van der Waals surface area contributed by atoms with Crippen molar-refractivity contribution in [3.63, 3.8) is 0 Å². The zero-order chi connectivity index (χ0) is 18.5. The number of benzene rings is 2. The van der Waals surface area contributed by atoms with Crippen LogP contribution in [0.5, 0.6) is 0 Å². The highest BCUT2D eigenvalue weighted by Crippen LogP contribution is 2.43. The molecule has 1 heterocycles. The van der Waals surface area contributed by atoms with Gasteiger partial charge in [-0.05, 0) is 42.0 Å². The van der Waals surface area contributed by atoms with Gasteiger partial charge in [0.25, 0.3) is 0 Å². The highest BCUT2D eigenvalue weighted by atomic mass is 32.2. The Hall–Kier alpha value is -1.24. The van der Waals surface area contributed by atoms with Crippen LogP contribution in [0.1, 0.15) is 12.5 Å². The number of fused-ring (bicyclic) bond motifs is 1. The first-order valence-electron chi connectivity index (χ1n) is 8.54. The molecule has 3 nitrogen and oxygen atoms in total. The van der Waals surface area contributed by atoms with Crippen LogP contribution in [0.3, 0.4) is 0 Å². The molecule has 26 heavy (non-hydrogen) atoms. The van der Waals surface area contributed by atoms with Gasteiger partial charge in [-0.2, -0.15) is 0 Å². The smallest absolute Gasteiger partial charge is 0.313 e. The molecular formula is C20H23NO2S3. The first-order chi connectivity index (χ1) is 12.6. The highest BCUT2D eigenvalue weighted by molar-refractivity contribution is 8.00. The molecule has 6 heteroatoms. The molecule has 3 rings (SSSR count). The summed E-state index contributed by atoms with van der Waals surface area (Å²) in [5.41, 5.74) is 3.72. The van der Waals surface area contributed by atoms with Gasteiger partial charge < -0.3 is 10.0 Å². The highest BCUT2D eigenvalue weighted by Gasteiger charge is 2.23. The molecule has 0 aromatic heterocycles. The molecule has 2 aromatic carbocycles. The van der Waals surface area contributed by atoms with Gasteiger partial charge in [-0.3, -0.25) is 4.79 Å². The second kappa shape index (κ2) is 9.11. The maximum absolute atomic E-state index is 10.8. The maximum atomic E-state index is 10.8. The molecule has 0 aliphatic carbocycles. The number of aliphatic carboxylic acids is 1. The second-order valence-corrected chi connectivity index (χ2v) is 9.28. The Morgan fingerprint density at radius 1 is 1.31 bits per heavy atom. The zero-order valence-electron chi connectivity index (χ0n) is 15.0. The molecule has 1 atom stereocenters. The summed E-state index contributed by atoms with van der Waals surface area (Å²) in [6.45, 7) is 3.30. The molecular weight excluding hydrogens is 382 g/mol. The lowest BCUT2D eigenvalue weighted by Crippen LogP contribution is -2.23. The van der Waals surface area contributed by atoms with Crippen molar-refractivity contribution in [3.8, 4) is 0 Å². The van der Waals surface area contributed by atoms with E-state index in [-0.39, 0.29) is 5.75 Å². The van der Waals surface area contributed by atoms with Crippen LogP contribution in [0.25, 0.3) is 0 Å². The fourth-order valence-corrected chi connectivity index (χ4v) is 5.58. The third-order valence-electron chi connectivity index (χ3n) is 4.22. The minimum Gasteiger partial charge on any atom is -0.481 e. The van der Waals surface area contributed by atoms with Gasteiger partial charge in [0.15, 0.2) is 0 Å². The van der Waals surface area contributed by atoms with Crippen LogP contribution in [-0.2, 0) is 10.5 Å². The van der Waals surface area contributed by atoms with E-state index in [0.717, 1.165) is 18.1 Å². The second-order valence-electron chi connectivity index (χ2n) is 6.38. The molecule has 0 saturated carbocycles. The van der Waals surface area contributed by atoms with Crippen molar-refractivity contribution in [3.05, 3.63) is 48.0 Å². The number of anilines is 2. The molecule has 0 saturated heterocycles. The molecule has 0 amide bonds. The fourth-order valence-electron chi connectivity index (χ4n) is 3.02. The molecule has 0 spiro atoms. The molecule has 1 N–H and O–H groups in total. The van der Waals surface area contributed by atoms with Crippen LogP contribution in [0.15, 0.2) is 52.3 Å². The Balaban J connectivity index is 1.97. The van der Waals surface area contributed by atoms with Crippen molar-refractivity contribution < 1.29 is 9.90 Å². The van der Waals surface area contributed by atoms with Gasteiger partial charge in [0.1, 0.15) is 0 Å². The lowest BCUT2D eigenvalue weighted by molar-refractivity contribution is -0.133. The van der Waals surface area contributed by atoms with E-state index in [1.165, 1.54) is 38.5 Å². The quantitative estimate of drug-likeness (QED) is 0.630. The average molecular weight is 406 g/mol. The fraction of sp³-hybridized carbons (Fsp3) is 0.350. The summed E-state index contributed by atoms with van der Waals surface area (Å²) in [6, 6.07) is 15.1. The number of thioether (sulfide) groups is 3. The summed E-state index contributed by atoms with van der Waals surface area (Å²) in [4.78, 5) is 15.8. The van der Waals surface area contributed by atoms with Gasteiger partial charge in [-0.1, -0.05) is 25.1 Å². The predicted molar refractivity (Wildman–Crippen MR) is 115 cm³/mol. The lowest BCUT2D eigenvalue weighted by Gasteiger charge is -2.27. The Bertz CT molecular complexity index is 767. The minimum absolute atomic E-state index is 0.144.